The number of aryl methyl sites for hydroxylation is 1. The summed E-state index contributed by atoms with van der Waals surface area (Å²) in [5.74, 6) is 0.743. The second-order valence-corrected chi connectivity index (χ2v) is 6.99. The smallest absolute Gasteiger partial charge is 0.249 e. The number of nitrogens with one attached hydrogen (secondary N) is 2. The van der Waals surface area contributed by atoms with Crippen LogP contribution in [0.4, 0.5) is 5.82 Å². The largest absolute Gasteiger partial charge is 0.358 e. The van der Waals surface area contributed by atoms with E-state index < -0.39 is 6.04 Å². The fourth-order valence-electron chi connectivity index (χ4n) is 2.88. The van der Waals surface area contributed by atoms with E-state index in [4.69, 9.17) is 0 Å². The van der Waals surface area contributed by atoms with Gasteiger partial charge < -0.3 is 5.32 Å². The number of anilines is 1. The van der Waals surface area contributed by atoms with Crippen LogP contribution in [0.3, 0.4) is 0 Å². The van der Waals surface area contributed by atoms with Gasteiger partial charge in [-0.2, -0.15) is 0 Å². The summed E-state index contributed by atoms with van der Waals surface area (Å²) in [5.41, 5.74) is 1.12. The van der Waals surface area contributed by atoms with Crippen molar-refractivity contribution in [2.24, 2.45) is 0 Å². The molecule has 0 spiro atoms. The van der Waals surface area contributed by atoms with Gasteiger partial charge >= 0.3 is 0 Å². The summed E-state index contributed by atoms with van der Waals surface area (Å²) in [6.07, 6.45) is 0.792. The molecule has 3 heterocycles. The number of amides is 2. The van der Waals surface area contributed by atoms with E-state index in [1.54, 1.807) is 11.3 Å². The molecule has 1 aliphatic rings. The molecule has 126 valence electrons. The molecule has 1 unspecified atom stereocenters. The van der Waals surface area contributed by atoms with Crippen LogP contribution in [0.15, 0.2) is 36.4 Å². The quantitative estimate of drug-likeness (QED) is 0.708. The number of hydrogen-bond donors (Lipinski definition) is 2. The number of thiophene rings is 1. The molecule has 0 radical (unpaired) electrons. The van der Waals surface area contributed by atoms with E-state index in [-0.39, 0.29) is 11.8 Å². The fraction of sp³-hybridized carbons (Fsp3) is 0.222. The van der Waals surface area contributed by atoms with Crippen LogP contribution in [-0.2, 0) is 9.59 Å². The third-order valence-electron chi connectivity index (χ3n) is 4.11. The predicted molar refractivity (Wildman–Crippen MR) is 97.4 cm³/mol. The first-order chi connectivity index (χ1) is 12.1. The predicted octanol–water partition coefficient (Wildman–Crippen LogP) is 2.88. The number of imide groups is 1. The van der Waals surface area contributed by atoms with Crippen molar-refractivity contribution in [1.29, 1.82) is 0 Å². The highest BCUT2D eigenvalue weighted by Crippen LogP contribution is 2.35. The van der Waals surface area contributed by atoms with Gasteiger partial charge in [-0.1, -0.05) is 30.3 Å². The number of carbonyl (C=O) groups excluding carboxylic acids is 2. The second-order valence-electron chi connectivity index (χ2n) is 5.96. The molecule has 2 amide bonds. The first kappa shape index (κ1) is 15.7. The van der Waals surface area contributed by atoms with Gasteiger partial charge in [0.15, 0.2) is 0 Å². The number of aromatic nitrogens is 2. The summed E-state index contributed by atoms with van der Waals surface area (Å²) in [7, 11) is 0. The maximum atomic E-state index is 12.0. The fourth-order valence-corrected chi connectivity index (χ4v) is 3.96. The van der Waals surface area contributed by atoms with Gasteiger partial charge in [-0.15, -0.1) is 11.3 Å². The Morgan fingerprint density at radius 3 is 2.76 bits per heavy atom. The van der Waals surface area contributed by atoms with Crippen LogP contribution in [0.25, 0.3) is 20.7 Å². The molecule has 6 nitrogen and oxygen atoms in total. The van der Waals surface area contributed by atoms with Gasteiger partial charge in [0, 0.05) is 11.3 Å². The molecule has 1 aliphatic heterocycles. The normalized spacial score (nSPS) is 17.6. The molecule has 2 N–H and O–H groups in total. The number of rotatable bonds is 3. The number of nitrogens with zero attached hydrogens (tertiary/aromatic N) is 2. The highest BCUT2D eigenvalue weighted by Gasteiger charge is 2.27. The molecule has 1 aromatic carbocycles. The highest BCUT2D eigenvalue weighted by molar-refractivity contribution is 7.21. The zero-order valence-corrected chi connectivity index (χ0v) is 14.4. The van der Waals surface area contributed by atoms with Gasteiger partial charge in [0.1, 0.15) is 22.5 Å². The lowest BCUT2D eigenvalue weighted by Gasteiger charge is -2.22. The third-order valence-corrected chi connectivity index (χ3v) is 5.19. The second kappa shape index (κ2) is 6.25. The van der Waals surface area contributed by atoms with E-state index in [1.165, 1.54) is 0 Å². The number of benzene rings is 1. The Labute approximate surface area is 148 Å². The summed E-state index contributed by atoms with van der Waals surface area (Å²) in [5, 5.41) is 6.44. The van der Waals surface area contributed by atoms with Crippen molar-refractivity contribution in [1.82, 2.24) is 15.3 Å². The van der Waals surface area contributed by atoms with Crippen LogP contribution >= 0.6 is 11.3 Å². The lowest BCUT2D eigenvalue weighted by Crippen LogP contribution is -2.47. The van der Waals surface area contributed by atoms with Gasteiger partial charge in [0.05, 0.1) is 5.39 Å². The molecule has 1 atom stereocenters. The molecule has 1 fully saturated rings. The number of fused-ring (bicyclic) bond motifs is 1. The van der Waals surface area contributed by atoms with Gasteiger partial charge in [-0.05, 0) is 25.0 Å². The number of hydrogen-bond acceptors (Lipinski definition) is 6. The van der Waals surface area contributed by atoms with E-state index in [9.17, 15) is 9.59 Å². The Hall–Kier alpha value is -2.80. The van der Waals surface area contributed by atoms with Crippen molar-refractivity contribution in [3.63, 3.8) is 0 Å². The van der Waals surface area contributed by atoms with Crippen LogP contribution in [0.5, 0.6) is 0 Å². The van der Waals surface area contributed by atoms with Crippen molar-refractivity contribution in [2.45, 2.75) is 25.8 Å². The molecule has 7 heteroatoms. The van der Waals surface area contributed by atoms with Crippen LogP contribution in [0.1, 0.15) is 18.7 Å². The minimum Gasteiger partial charge on any atom is -0.358 e. The average Bonchev–Trinajstić information content (AvgIpc) is 3.02. The average molecular weight is 352 g/mol. The summed E-state index contributed by atoms with van der Waals surface area (Å²) in [6.45, 7) is 1.83. The number of carbonyl (C=O) groups is 2. The Kier molecular flexibility index (Phi) is 3.93. The van der Waals surface area contributed by atoms with Crippen LogP contribution < -0.4 is 10.6 Å². The molecule has 4 rings (SSSR count). The minimum atomic E-state index is -0.463. The van der Waals surface area contributed by atoms with E-state index in [0.717, 1.165) is 20.7 Å². The number of piperidine rings is 1. The van der Waals surface area contributed by atoms with Crippen LogP contribution in [0, 0.1) is 6.92 Å². The van der Waals surface area contributed by atoms with Crippen molar-refractivity contribution >= 4 is 39.2 Å². The zero-order chi connectivity index (χ0) is 17.4. The molecule has 25 heavy (non-hydrogen) atoms. The Balaban J connectivity index is 1.72. The minimum absolute atomic E-state index is 0.228. The monoisotopic (exact) mass is 352 g/mol. The molecule has 0 saturated carbocycles. The van der Waals surface area contributed by atoms with Gasteiger partial charge in [0.2, 0.25) is 11.8 Å². The molecule has 2 aromatic heterocycles. The Morgan fingerprint density at radius 2 is 2.00 bits per heavy atom. The third kappa shape index (κ3) is 3.10. The summed E-state index contributed by atoms with van der Waals surface area (Å²) in [6, 6.07) is 11.7. The molecule has 1 saturated heterocycles. The SMILES string of the molecule is Cc1nc(NC2CCC(=O)NC2=O)c2cc(-c3ccccc3)sc2n1. The summed E-state index contributed by atoms with van der Waals surface area (Å²) in [4.78, 5) is 34.3. The molecule has 3 aromatic rings. The van der Waals surface area contributed by atoms with Gasteiger partial charge in [0.25, 0.3) is 0 Å². The lowest BCUT2D eigenvalue weighted by atomic mass is 10.1. The van der Waals surface area contributed by atoms with E-state index in [1.807, 2.05) is 31.2 Å². The summed E-state index contributed by atoms with van der Waals surface area (Å²) < 4.78 is 0. The Morgan fingerprint density at radius 1 is 1.20 bits per heavy atom. The molecule has 0 bridgehead atoms. The molecular weight excluding hydrogens is 336 g/mol. The van der Waals surface area contributed by atoms with Crippen molar-refractivity contribution in [2.75, 3.05) is 5.32 Å². The zero-order valence-electron chi connectivity index (χ0n) is 13.6. The summed E-state index contributed by atoms with van der Waals surface area (Å²) >= 11 is 1.60. The van der Waals surface area contributed by atoms with Crippen molar-refractivity contribution < 1.29 is 9.59 Å². The first-order valence-electron chi connectivity index (χ1n) is 8.04. The maximum absolute atomic E-state index is 12.0. The van der Waals surface area contributed by atoms with Crippen molar-refractivity contribution in [3.8, 4) is 10.4 Å². The van der Waals surface area contributed by atoms with Gasteiger partial charge in [-0.3, -0.25) is 14.9 Å². The highest BCUT2D eigenvalue weighted by atomic mass is 32.1. The van der Waals surface area contributed by atoms with E-state index in [2.05, 4.69) is 32.7 Å². The van der Waals surface area contributed by atoms with E-state index >= 15 is 0 Å². The maximum Gasteiger partial charge on any atom is 0.249 e. The first-order valence-corrected chi connectivity index (χ1v) is 8.85. The van der Waals surface area contributed by atoms with Crippen LogP contribution in [-0.4, -0.2) is 27.8 Å². The van der Waals surface area contributed by atoms with E-state index in [0.29, 0.717) is 24.5 Å². The lowest BCUT2D eigenvalue weighted by molar-refractivity contribution is -0.133. The van der Waals surface area contributed by atoms with Crippen LogP contribution in [0.2, 0.25) is 0 Å². The molecule has 0 aliphatic carbocycles. The standard InChI is InChI=1S/C18H16N4O2S/c1-10-19-16(21-13-7-8-15(23)22-17(13)24)12-9-14(25-18(12)20-10)11-5-3-2-4-6-11/h2-6,9,13H,7-8H2,1H3,(H,19,20,21)(H,22,23,24). The Bertz CT molecular complexity index is 968. The molecular formula is C18H16N4O2S. The van der Waals surface area contributed by atoms with Crippen molar-refractivity contribution in [3.05, 3.63) is 42.2 Å². The topological polar surface area (TPSA) is 84.0 Å². The van der Waals surface area contributed by atoms with Gasteiger partial charge in [-0.25, -0.2) is 9.97 Å².